The molecule has 0 aliphatic carbocycles. The number of carbonyl (C=O) groups excluding carboxylic acids is 1. The van der Waals surface area contributed by atoms with E-state index in [1.54, 1.807) is 0 Å². The van der Waals surface area contributed by atoms with Gasteiger partial charge in [0.2, 0.25) is 0 Å². The molecular formula is C7H13NO. The van der Waals surface area contributed by atoms with Crippen LogP contribution < -0.4 is 5.32 Å². The van der Waals surface area contributed by atoms with E-state index in [0.717, 1.165) is 25.9 Å². The van der Waals surface area contributed by atoms with Crippen LogP contribution in [0.25, 0.3) is 0 Å². The lowest BCUT2D eigenvalue weighted by atomic mass is 9.95. The highest BCUT2D eigenvalue weighted by molar-refractivity contribution is 5.82. The van der Waals surface area contributed by atoms with Crippen molar-refractivity contribution in [2.45, 2.75) is 19.8 Å². The first-order chi connectivity index (χ1) is 4.34. The van der Waals surface area contributed by atoms with Crippen molar-refractivity contribution in [1.82, 2.24) is 5.32 Å². The smallest absolute Gasteiger partial charge is 0.138 e. The lowest BCUT2D eigenvalue weighted by Gasteiger charge is -2.25. The summed E-state index contributed by atoms with van der Waals surface area (Å²) in [7, 11) is 0. The van der Waals surface area contributed by atoms with Crippen LogP contribution in [0.3, 0.4) is 0 Å². The highest BCUT2D eigenvalue weighted by Crippen LogP contribution is 2.07. The zero-order valence-electron chi connectivity index (χ0n) is 5.81. The van der Waals surface area contributed by atoms with Crippen molar-refractivity contribution in [2.24, 2.45) is 5.92 Å². The molecule has 2 heteroatoms. The van der Waals surface area contributed by atoms with Crippen molar-refractivity contribution in [1.29, 1.82) is 0 Å². The molecule has 0 unspecified atom stereocenters. The van der Waals surface area contributed by atoms with E-state index in [2.05, 4.69) is 5.32 Å². The van der Waals surface area contributed by atoms with Gasteiger partial charge in [-0.05, 0) is 6.42 Å². The summed E-state index contributed by atoms with van der Waals surface area (Å²) in [5.74, 6) is 0.793. The molecule has 0 aromatic heterocycles. The highest BCUT2D eigenvalue weighted by Gasteiger charge is 2.23. The number of carbonyl (C=O) groups is 1. The van der Waals surface area contributed by atoms with Crippen molar-refractivity contribution >= 4 is 5.78 Å². The van der Waals surface area contributed by atoms with Gasteiger partial charge in [-0.2, -0.15) is 0 Å². The van der Waals surface area contributed by atoms with Crippen LogP contribution in [0.15, 0.2) is 0 Å². The minimum Gasteiger partial charge on any atom is -0.315 e. The summed E-state index contributed by atoms with van der Waals surface area (Å²) in [5, 5.41) is 3.08. The summed E-state index contributed by atoms with van der Waals surface area (Å²) in [4.78, 5) is 11.0. The summed E-state index contributed by atoms with van der Waals surface area (Å²) < 4.78 is 0. The first kappa shape index (κ1) is 6.75. The van der Waals surface area contributed by atoms with Gasteiger partial charge in [-0.25, -0.2) is 0 Å². The fraction of sp³-hybridized carbons (Fsp3) is 0.857. The molecule has 1 saturated heterocycles. The summed E-state index contributed by atoms with van der Waals surface area (Å²) >= 11 is 0. The Morgan fingerprint density at radius 3 is 2.67 bits per heavy atom. The Labute approximate surface area is 55.6 Å². The number of ketones is 1. The minimum atomic E-state index is 0.352. The van der Waals surface area contributed by atoms with E-state index in [1.807, 2.05) is 6.92 Å². The molecule has 2 nitrogen and oxygen atoms in total. The van der Waals surface area contributed by atoms with E-state index in [0.29, 0.717) is 11.7 Å². The molecule has 0 aromatic rings. The van der Waals surface area contributed by atoms with E-state index in [4.69, 9.17) is 0 Å². The molecule has 1 N–H and O–H groups in total. The molecule has 1 fully saturated rings. The average molecular weight is 127 g/mol. The second-order valence-electron chi connectivity index (χ2n) is 2.57. The quantitative estimate of drug-likeness (QED) is 0.600. The minimum absolute atomic E-state index is 0.352. The summed E-state index contributed by atoms with van der Waals surface area (Å²) in [5.41, 5.74) is 0. The first-order valence-electron chi connectivity index (χ1n) is 3.58. The Bertz CT molecular complexity index is 107. The van der Waals surface area contributed by atoms with Gasteiger partial charge in [0, 0.05) is 25.4 Å². The number of rotatable bonds is 3. The van der Waals surface area contributed by atoms with Crippen LogP contribution in [0, 0.1) is 5.92 Å². The van der Waals surface area contributed by atoms with Crippen LogP contribution in [-0.2, 0) is 4.79 Å². The Morgan fingerprint density at radius 2 is 2.33 bits per heavy atom. The van der Waals surface area contributed by atoms with Gasteiger partial charge in [0.15, 0.2) is 0 Å². The van der Waals surface area contributed by atoms with Crippen LogP contribution in [0.2, 0.25) is 0 Å². The number of hydrogen-bond acceptors (Lipinski definition) is 2. The SMILES string of the molecule is CCCC(=O)C1CNC1. The summed E-state index contributed by atoms with van der Waals surface area (Å²) in [6.45, 7) is 3.88. The largest absolute Gasteiger partial charge is 0.315 e. The third-order valence-corrected chi connectivity index (χ3v) is 1.73. The third-order valence-electron chi connectivity index (χ3n) is 1.73. The van der Waals surface area contributed by atoms with Crippen molar-refractivity contribution < 1.29 is 4.79 Å². The predicted molar refractivity (Wildman–Crippen MR) is 36.3 cm³/mol. The summed E-state index contributed by atoms with van der Waals surface area (Å²) in [6, 6.07) is 0. The van der Waals surface area contributed by atoms with Gasteiger partial charge in [0.25, 0.3) is 0 Å². The predicted octanol–water partition coefficient (Wildman–Crippen LogP) is 0.575. The number of Topliss-reactive ketones (excluding diaryl/α,β-unsaturated/α-hetero) is 1. The van der Waals surface area contributed by atoms with E-state index < -0.39 is 0 Å². The molecule has 1 aliphatic heterocycles. The molecular weight excluding hydrogens is 114 g/mol. The topological polar surface area (TPSA) is 29.1 Å². The van der Waals surface area contributed by atoms with Gasteiger partial charge in [-0.15, -0.1) is 0 Å². The van der Waals surface area contributed by atoms with E-state index in [1.165, 1.54) is 0 Å². The Kier molecular flexibility index (Phi) is 2.22. The van der Waals surface area contributed by atoms with Crippen LogP contribution in [0.4, 0.5) is 0 Å². The molecule has 0 aromatic carbocycles. The zero-order valence-corrected chi connectivity index (χ0v) is 5.81. The molecule has 0 saturated carbocycles. The Hall–Kier alpha value is -0.370. The molecule has 9 heavy (non-hydrogen) atoms. The normalized spacial score (nSPS) is 19.2. The van der Waals surface area contributed by atoms with E-state index in [9.17, 15) is 4.79 Å². The molecule has 0 radical (unpaired) electrons. The average Bonchev–Trinajstić information content (AvgIpc) is 1.60. The van der Waals surface area contributed by atoms with Crippen LogP contribution in [-0.4, -0.2) is 18.9 Å². The monoisotopic (exact) mass is 127 g/mol. The lowest BCUT2D eigenvalue weighted by Crippen LogP contribution is -2.46. The van der Waals surface area contributed by atoms with Gasteiger partial charge in [0.1, 0.15) is 5.78 Å². The standard InChI is InChI=1S/C7H13NO/c1-2-3-7(9)6-4-8-5-6/h6,8H,2-5H2,1H3. The van der Waals surface area contributed by atoms with Gasteiger partial charge in [-0.3, -0.25) is 4.79 Å². The Balaban J connectivity index is 2.16. The molecule has 0 amide bonds. The van der Waals surface area contributed by atoms with Crippen LogP contribution >= 0.6 is 0 Å². The first-order valence-corrected chi connectivity index (χ1v) is 3.58. The van der Waals surface area contributed by atoms with Gasteiger partial charge < -0.3 is 5.32 Å². The highest BCUT2D eigenvalue weighted by atomic mass is 16.1. The molecule has 1 rings (SSSR count). The molecule has 0 bridgehead atoms. The number of nitrogens with one attached hydrogen (secondary N) is 1. The van der Waals surface area contributed by atoms with Crippen molar-refractivity contribution in [3.8, 4) is 0 Å². The number of hydrogen-bond donors (Lipinski definition) is 1. The van der Waals surface area contributed by atoms with E-state index in [-0.39, 0.29) is 0 Å². The second kappa shape index (κ2) is 2.97. The zero-order chi connectivity index (χ0) is 6.69. The maximum absolute atomic E-state index is 11.0. The fourth-order valence-electron chi connectivity index (χ4n) is 0.967. The summed E-state index contributed by atoms with van der Waals surface area (Å²) in [6.07, 6.45) is 1.77. The van der Waals surface area contributed by atoms with Crippen molar-refractivity contribution in [3.05, 3.63) is 0 Å². The van der Waals surface area contributed by atoms with Gasteiger partial charge in [-0.1, -0.05) is 6.92 Å². The third kappa shape index (κ3) is 1.52. The van der Waals surface area contributed by atoms with Gasteiger partial charge in [0.05, 0.1) is 0 Å². The lowest BCUT2D eigenvalue weighted by molar-refractivity contribution is -0.124. The maximum Gasteiger partial charge on any atom is 0.138 e. The Morgan fingerprint density at radius 1 is 1.67 bits per heavy atom. The maximum atomic E-state index is 11.0. The molecule has 0 atom stereocenters. The van der Waals surface area contributed by atoms with Gasteiger partial charge >= 0.3 is 0 Å². The second-order valence-corrected chi connectivity index (χ2v) is 2.57. The molecule has 1 aliphatic rings. The fourth-order valence-corrected chi connectivity index (χ4v) is 0.967. The molecule has 52 valence electrons. The van der Waals surface area contributed by atoms with Crippen LogP contribution in [0.5, 0.6) is 0 Å². The molecule has 1 heterocycles. The van der Waals surface area contributed by atoms with Crippen LogP contribution in [0.1, 0.15) is 19.8 Å². The van der Waals surface area contributed by atoms with Crippen molar-refractivity contribution in [2.75, 3.05) is 13.1 Å². The molecule has 0 spiro atoms. The van der Waals surface area contributed by atoms with E-state index >= 15 is 0 Å². The van der Waals surface area contributed by atoms with Crippen molar-refractivity contribution in [3.63, 3.8) is 0 Å².